The summed E-state index contributed by atoms with van der Waals surface area (Å²) in [6.45, 7) is 0. The fourth-order valence-electron chi connectivity index (χ4n) is 15.2. The van der Waals surface area contributed by atoms with Gasteiger partial charge in [-0.1, -0.05) is 210 Å². The lowest BCUT2D eigenvalue weighted by molar-refractivity contribution is 0.332. The second-order valence-electron chi connectivity index (χ2n) is 20.7. The molecule has 12 aromatic rings. The van der Waals surface area contributed by atoms with Crippen molar-refractivity contribution in [2.75, 3.05) is 0 Å². The Labute approximate surface area is 428 Å². The van der Waals surface area contributed by atoms with Crippen LogP contribution >= 0.6 is 31.9 Å². The van der Waals surface area contributed by atoms with Gasteiger partial charge in [0.15, 0.2) is 0 Å². The van der Waals surface area contributed by atoms with Gasteiger partial charge in [-0.05, 0) is 183 Å². The van der Waals surface area contributed by atoms with Crippen molar-refractivity contribution in [2.45, 2.75) is 29.1 Å². The number of fused-ring (bicyclic) bond motifs is 13. The van der Waals surface area contributed by atoms with Crippen molar-refractivity contribution in [3.63, 3.8) is 0 Å². The van der Waals surface area contributed by atoms with Crippen molar-refractivity contribution in [1.82, 2.24) is 0 Å². The molecule has 0 heterocycles. The molecule has 0 saturated heterocycles. The van der Waals surface area contributed by atoms with E-state index in [4.69, 9.17) is 0 Å². The lowest BCUT2D eigenvalue weighted by Crippen LogP contribution is -2.52. The lowest BCUT2D eigenvalue weighted by Gasteiger charge is -2.58. The highest BCUT2D eigenvalue weighted by Gasteiger charge is 2.70. The van der Waals surface area contributed by atoms with E-state index < -0.39 is 0 Å². The van der Waals surface area contributed by atoms with E-state index in [1.165, 1.54) is 152 Å². The molecule has 0 nitrogen and oxygen atoms in total. The number of halogens is 2. The van der Waals surface area contributed by atoms with Crippen molar-refractivity contribution in [3.05, 3.63) is 294 Å². The van der Waals surface area contributed by atoms with Gasteiger partial charge in [-0.3, -0.25) is 0 Å². The smallest absolute Gasteiger partial charge is 0.0427 e. The van der Waals surface area contributed by atoms with Crippen LogP contribution in [0.15, 0.2) is 227 Å². The van der Waals surface area contributed by atoms with Crippen LogP contribution in [-0.2, 0) is 5.41 Å². The molecule has 0 aromatic heterocycles. The molecule has 12 aromatic carbocycles. The first-order valence-corrected chi connectivity index (χ1v) is 26.6. The van der Waals surface area contributed by atoms with Gasteiger partial charge in [0.2, 0.25) is 0 Å². The Hall–Kier alpha value is -7.36. The number of benzene rings is 12. The Morgan fingerprint density at radius 3 is 1.61 bits per heavy atom. The van der Waals surface area contributed by atoms with Gasteiger partial charge in [-0.2, -0.15) is 0 Å². The average molecular weight is 1030 g/mol. The molecule has 1 spiro atoms. The van der Waals surface area contributed by atoms with Crippen LogP contribution in [0.2, 0.25) is 0 Å². The fourth-order valence-corrected chi connectivity index (χ4v) is 16.5. The van der Waals surface area contributed by atoms with Gasteiger partial charge in [-0.25, -0.2) is 0 Å². The molecule has 0 amide bonds. The van der Waals surface area contributed by atoms with Crippen LogP contribution in [-0.4, -0.2) is 0 Å². The maximum atomic E-state index is 4.49. The van der Waals surface area contributed by atoms with Crippen LogP contribution in [0.4, 0.5) is 0 Å². The predicted octanol–water partition coefficient (Wildman–Crippen LogP) is 18.7. The van der Waals surface area contributed by atoms with E-state index in [0.29, 0.717) is 0 Å². The van der Waals surface area contributed by atoms with Gasteiger partial charge < -0.3 is 0 Å². The lowest BCUT2D eigenvalue weighted by atomic mass is 9.43. The molecule has 0 radical (unpaired) electrons. The zero-order valence-corrected chi connectivity index (χ0v) is 41.5. The molecule has 6 aliphatic rings. The Balaban J connectivity index is 0.911. The second-order valence-corrected chi connectivity index (χ2v) is 22.3. The maximum absolute atomic E-state index is 4.49. The topological polar surface area (TPSA) is 0 Å². The van der Waals surface area contributed by atoms with E-state index in [0.717, 1.165) is 0 Å². The van der Waals surface area contributed by atoms with Crippen LogP contribution in [0.5, 0.6) is 0 Å². The molecule has 71 heavy (non-hydrogen) atoms. The van der Waals surface area contributed by atoms with Crippen molar-refractivity contribution in [2.24, 2.45) is 0 Å². The molecule has 2 bridgehead atoms. The van der Waals surface area contributed by atoms with Gasteiger partial charge in [0.05, 0.1) is 0 Å². The highest BCUT2D eigenvalue weighted by Crippen LogP contribution is 2.79. The molecule has 2 heteroatoms. The average Bonchev–Trinajstić information content (AvgIpc) is 3.66. The minimum atomic E-state index is -0.0709. The molecule has 0 N–H and O–H groups in total. The van der Waals surface area contributed by atoms with Crippen LogP contribution in [0.25, 0.3) is 76.5 Å². The molecule has 330 valence electrons. The molecule has 5 unspecified atom stereocenters. The Kier molecular flexibility index (Phi) is 7.73. The molecule has 5 atom stereocenters. The summed E-state index contributed by atoms with van der Waals surface area (Å²) >= 11 is 8.66. The van der Waals surface area contributed by atoms with E-state index >= 15 is 0 Å². The van der Waals surface area contributed by atoms with Crippen molar-refractivity contribution in [3.8, 4) is 33.4 Å². The largest absolute Gasteiger partial charge is 0.0620 e. The number of hydrogen-bond acceptors (Lipinski definition) is 0. The molecule has 18 rings (SSSR count). The van der Waals surface area contributed by atoms with E-state index in [1.54, 1.807) is 0 Å². The third kappa shape index (κ3) is 4.82. The van der Waals surface area contributed by atoms with Crippen LogP contribution in [0, 0.1) is 0 Å². The molecule has 0 aliphatic heterocycles. The monoisotopic (exact) mass is 1030 g/mol. The maximum Gasteiger partial charge on any atom is 0.0427 e. The van der Waals surface area contributed by atoms with Gasteiger partial charge in [0.1, 0.15) is 0 Å². The fraction of sp³-hybridized carbons (Fsp3) is 0.0725. The van der Waals surface area contributed by atoms with E-state index in [9.17, 15) is 0 Å². The summed E-state index contributed by atoms with van der Waals surface area (Å²) in [5.74, 6) is 0.696. The van der Waals surface area contributed by atoms with Crippen LogP contribution in [0.1, 0.15) is 90.4 Å². The Bertz CT molecular complexity index is 4420. The summed E-state index contributed by atoms with van der Waals surface area (Å²) in [5.41, 5.74) is 25.0. The van der Waals surface area contributed by atoms with Gasteiger partial charge in [0.25, 0.3) is 0 Å². The van der Waals surface area contributed by atoms with Crippen LogP contribution < -0.4 is 0 Å². The molecule has 0 saturated carbocycles. The van der Waals surface area contributed by atoms with E-state index in [-0.39, 0.29) is 29.1 Å². The molecule has 6 aliphatic carbocycles. The van der Waals surface area contributed by atoms with E-state index in [2.05, 4.69) is 250 Å². The van der Waals surface area contributed by atoms with E-state index in [1.807, 2.05) is 0 Å². The predicted molar refractivity (Wildman–Crippen MR) is 300 cm³/mol. The summed E-state index contributed by atoms with van der Waals surface area (Å²) < 4.78 is 2.41. The zero-order chi connectivity index (χ0) is 46.4. The third-order valence-corrected chi connectivity index (χ3v) is 19.4. The van der Waals surface area contributed by atoms with Gasteiger partial charge >= 0.3 is 0 Å². The summed E-state index contributed by atoms with van der Waals surface area (Å²) in [5, 5.41) is 10.3. The Morgan fingerprint density at radius 2 is 0.845 bits per heavy atom. The highest BCUT2D eigenvalue weighted by molar-refractivity contribution is 9.11. The van der Waals surface area contributed by atoms with Crippen molar-refractivity contribution in [1.29, 1.82) is 0 Å². The first-order valence-electron chi connectivity index (χ1n) is 25.0. The number of rotatable bonds is 3. The normalized spacial score (nSPS) is 20.0. The van der Waals surface area contributed by atoms with Gasteiger partial charge in [0, 0.05) is 38.0 Å². The van der Waals surface area contributed by atoms with Crippen molar-refractivity contribution < 1.29 is 0 Å². The Morgan fingerprint density at radius 1 is 0.296 bits per heavy atom. The van der Waals surface area contributed by atoms with Crippen molar-refractivity contribution >= 4 is 74.9 Å². The number of hydrogen-bond donors (Lipinski definition) is 0. The molecular weight excluding hydrogens is 989 g/mol. The van der Waals surface area contributed by atoms with Crippen LogP contribution in [0.3, 0.4) is 0 Å². The molecular formula is C69H40Br2. The summed E-state index contributed by atoms with van der Waals surface area (Å²) in [6.07, 6.45) is 0. The quantitative estimate of drug-likeness (QED) is 0.155. The summed E-state index contributed by atoms with van der Waals surface area (Å²) in [4.78, 5) is 0. The molecule has 0 fully saturated rings. The highest BCUT2D eigenvalue weighted by atomic mass is 79.9. The third-order valence-electron chi connectivity index (χ3n) is 17.8. The SMILES string of the molecule is Brc1ccc(-c2cccc3c2ccc2ccccc23)c2c1C1c3ccccc3C2c2cc(-c3cc(-c4ccc5c(ccc6ccccc65)c4)c4c(c3Br)C3c5ccccc5C35c3ccccc3C45)ccc21. The summed E-state index contributed by atoms with van der Waals surface area (Å²) in [6, 6.07) is 83.6. The van der Waals surface area contributed by atoms with Gasteiger partial charge in [-0.15, -0.1) is 0 Å². The second kappa shape index (κ2) is 13.9. The zero-order valence-electron chi connectivity index (χ0n) is 38.3. The first-order chi connectivity index (χ1) is 35.1. The minimum absolute atomic E-state index is 0.0551. The standard InChI is InChI=1S/C69H40Br2/c70-59-33-32-50(46-21-11-20-45-43-15-4-2-13-38(43)26-30-47(45)46)62-61-49-17-6-5-16-48(49)60(64(59)62)51-31-28-41(35-56(51)61)55-36-54(40-27-29-44-39(34-40)25-24-37-12-1-3-14-42(37)44)63-65(68(55)71)67-53-19-8-10-23-58(53)69(67)57-22-9-7-18-52(57)66(63)69/h1-36,60-61,66-67H. The first kappa shape index (κ1) is 39.4. The summed E-state index contributed by atoms with van der Waals surface area (Å²) in [7, 11) is 0. The minimum Gasteiger partial charge on any atom is -0.0620 e.